The molecule has 2 rings (SSSR count). The fourth-order valence-corrected chi connectivity index (χ4v) is 2.25. The average molecular weight is 323 g/mol. The minimum absolute atomic E-state index is 0.207. The molecule has 0 radical (unpaired) electrons. The number of hydrogen-bond acceptors (Lipinski definition) is 2. The van der Waals surface area contributed by atoms with Gasteiger partial charge in [0.1, 0.15) is 5.82 Å². The summed E-state index contributed by atoms with van der Waals surface area (Å²) in [6.45, 7) is 4.70. The molecule has 0 amide bonds. The van der Waals surface area contributed by atoms with Crippen molar-refractivity contribution in [3.63, 3.8) is 0 Å². The van der Waals surface area contributed by atoms with E-state index in [2.05, 4.69) is 26.2 Å². The van der Waals surface area contributed by atoms with Crippen molar-refractivity contribution in [1.82, 2.24) is 10.3 Å². The van der Waals surface area contributed by atoms with Crippen molar-refractivity contribution in [2.45, 2.75) is 19.9 Å². The Labute approximate surface area is 121 Å². The molecule has 1 aromatic carbocycles. The molecule has 1 N–H and O–H groups in total. The molecule has 0 saturated carbocycles. The Morgan fingerprint density at radius 2 is 2.11 bits per heavy atom. The summed E-state index contributed by atoms with van der Waals surface area (Å²) in [7, 11) is 0. The summed E-state index contributed by atoms with van der Waals surface area (Å²) in [5.41, 5.74) is 2.49. The van der Waals surface area contributed by atoms with Crippen molar-refractivity contribution in [2.24, 2.45) is 0 Å². The monoisotopic (exact) mass is 322 g/mol. The van der Waals surface area contributed by atoms with Gasteiger partial charge in [0.2, 0.25) is 0 Å². The third-order valence-electron chi connectivity index (χ3n) is 2.92. The van der Waals surface area contributed by atoms with Crippen LogP contribution in [0.3, 0.4) is 0 Å². The van der Waals surface area contributed by atoms with Gasteiger partial charge in [-0.3, -0.25) is 4.98 Å². The number of aryl methyl sites for hydroxylation is 1. The van der Waals surface area contributed by atoms with Crippen LogP contribution in [0.15, 0.2) is 41.0 Å². The van der Waals surface area contributed by atoms with E-state index in [0.717, 1.165) is 22.3 Å². The molecule has 1 atom stereocenters. The summed E-state index contributed by atoms with van der Waals surface area (Å²) in [4.78, 5) is 4.37. The van der Waals surface area contributed by atoms with E-state index in [9.17, 15) is 4.39 Å². The van der Waals surface area contributed by atoms with E-state index in [4.69, 9.17) is 0 Å². The summed E-state index contributed by atoms with van der Waals surface area (Å²) in [5, 5.41) is 3.28. The molecule has 0 saturated heterocycles. The number of aromatic nitrogens is 1. The zero-order chi connectivity index (χ0) is 13.8. The predicted octanol–water partition coefficient (Wildman–Crippen LogP) is 3.99. The topological polar surface area (TPSA) is 24.9 Å². The quantitative estimate of drug-likeness (QED) is 0.920. The highest BCUT2D eigenvalue weighted by Gasteiger charge is 2.18. The second kappa shape index (κ2) is 6.26. The Morgan fingerprint density at radius 3 is 2.74 bits per heavy atom. The van der Waals surface area contributed by atoms with E-state index in [1.54, 1.807) is 12.3 Å². The van der Waals surface area contributed by atoms with Crippen LogP contribution in [-0.2, 0) is 0 Å². The minimum Gasteiger partial charge on any atom is -0.305 e. The number of benzene rings is 1. The van der Waals surface area contributed by atoms with Gasteiger partial charge >= 0.3 is 0 Å². The van der Waals surface area contributed by atoms with Gasteiger partial charge in [-0.15, -0.1) is 0 Å². The number of rotatable bonds is 4. The number of hydrogen-bond donors (Lipinski definition) is 1. The third kappa shape index (κ3) is 3.39. The Bertz CT molecular complexity index is 555. The minimum atomic E-state index is -0.224. The number of pyridine rings is 1. The molecular formula is C15H16BrFN2. The van der Waals surface area contributed by atoms with Gasteiger partial charge in [0.05, 0.1) is 11.7 Å². The normalized spacial score (nSPS) is 12.4. The van der Waals surface area contributed by atoms with Crippen molar-refractivity contribution in [3.8, 4) is 0 Å². The number of nitrogens with one attached hydrogen (secondary N) is 1. The van der Waals surface area contributed by atoms with Crippen LogP contribution in [0.25, 0.3) is 0 Å². The Balaban J connectivity index is 2.44. The predicted molar refractivity (Wildman–Crippen MR) is 78.6 cm³/mol. The van der Waals surface area contributed by atoms with Crippen molar-refractivity contribution in [2.75, 3.05) is 6.54 Å². The SMILES string of the molecule is CCNC(c1ccc(Br)cn1)c1cc(C)ccc1F. The van der Waals surface area contributed by atoms with Crippen LogP contribution in [0.2, 0.25) is 0 Å². The Morgan fingerprint density at radius 1 is 1.32 bits per heavy atom. The first-order valence-electron chi connectivity index (χ1n) is 6.22. The zero-order valence-corrected chi connectivity index (χ0v) is 12.5. The van der Waals surface area contributed by atoms with E-state index >= 15 is 0 Å². The molecule has 2 aromatic rings. The molecule has 2 nitrogen and oxygen atoms in total. The molecule has 0 spiro atoms. The van der Waals surface area contributed by atoms with E-state index < -0.39 is 0 Å². The number of halogens is 2. The van der Waals surface area contributed by atoms with E-state index in [-0.39, 0.29) is 11.9 Å². The molecule has 1 heterocycles. The standard InChI is InChI=1S/C15H16BrFN2/c1-3-18-15(14-7-5-11(16)9-19-14)12-8-10(2)4-6-13(12)17/h4-9,15,18H,3H2,1-2H3. The van der Waals surface area contributed by atoms with Crippen molar-refractivity contribution in [1.29, 1.82) is 0 Å². The lowest BCUT2D eigenvalue weighted by molar-refractivity contribution is 0.551. The highest BCUT2D eigenvalue weighted by atomic mass is 79.9. The molecule has 0 aliphatic rings. The van der Waals surface area contributed by atoms with Gasteiger partial charge < -0.3 is 5.32 Å². The van der Waals surface area contributed by atoms with Gasteiger partial charge in [0.25, 0.3) is 0 Å². The fourth-order valence-electron chi connectivity index (χ4n) is 2.02. The van der Waals surface area contributed by atoms with Gasteiger partial charge in [0.15, 0.2) is 0 Å². The largest absolute Gasteiger partial charge is 0.305 e. The smallest absolute Gasteiger partial charge is 0.128 e. The van der Waals surface area contributed by atoms with Crippen LogP contribution in [0.1, 0.15) is 29.8 Å². The summed E-state index contributed by atoms with van der Waals surface area (Å²) in [6.07, 6.45) is 1.73. The van der Waals surface area contributed by atoms with Crippen molar-refractivity contribution < 1.29 is 4.39 Å². The molecule has 19 heavy (non-hydrogen) atoms. The van der Waals surface area contributed by atoms with Gasteiger partial charge in [-0.05, 0) is 47.6 Å². The van der Waals surface area contributed by atoms with E-state index in [0.29, 0.717) is 5.56 Å². The maximum Gasteiger partial charge on any atom is 0.128 e. The molecule has 0 aliphatic heterocycles. The second-order valence-electron chi connectivity index (χ2n) is 4.42. The van der Waals surface area contributed by atoms with Crippen LogP contribution in [0.4, 0.5) is 4.39 Å². The summed E-state index contributed by atoms with van der Waals surface area (Å²) in [6, 6.07) is 8.74. The van der Waals surface area contributed by atoms with Crippen molar-refractivity contribution in [3.05, 3.63) is 63.6 Å². The molecule has 100 valence electrons. The maximum atomic E-state index is 14.0. The van der Waals surface area contributed by atoms with Gasteiger partial charge in [0, 0.05) is 16.2 Å². The van der Waals surface area contributed by atoms with Crippen LogP contribution in [-0.4, -0.2) is 11.5 Å². The first kappa shape index (κ1) is 14.2. The Hall–Kier alpha value is -1.26. The first-order chi connectivity index (χ1) is 9.11. The molecule has 0 fully saturated rings. The maximum absolute atomic E-state index is 14.0. The average Bonchev–Trinajstić information content (AvgIpc) is 2.40. The van der Waals surface area contributed by atoms with Crippen LogP contribution >= 0.6 is 15.9 Å². The molecule has 1 aromatic heterocycles. The molecule has 0 bridgehead atoms. The highest BCUT2D eigenvalue weighted by molar-refractivity contribution is 9.10. The highest BCUT2D eigenvalue weighted by Crippen LogP contribution is 2.24. The lowest BCUT2D eigenvalue weighted by atomic mass is 10.0. The summed E-state index contributed by atoms with van der Waals surface area (Å²) >= 11 is 3.36. The first-order valence-corrected chi connectivity index (χ1v) is 7.02. The van der Waals surface area contributed by atoms with E-state index in [1.165, 1.54) is 6.07 Å². The second-order valence-corrected chi connectivity index (χ2v) is 5.33. The van der Waals surface area contributed by atoms with Crippen LogP contribution in [0.5, 0.6) is 0 Å². The van der Waals surface area contributed by atoms with Gasteiger partial charge in [-0.1, -0.05) is 24.6 Å². The number of nitrogens with zero attached hydrogens (tertiary/aromatic N) is 1. The third-order valence-corrected chi connectivity index (χ3v) is 3.39. The molecular weight excluding hydrogens is 307 g/mol. The lowest BCUT2D eigenvalue weighted by Gasteiger charge is -2.19. The van der Waals surface area contributed by atoms with Gasteiger partial charge in [-0.2, -0.15) is 0 Å². The molecule has 0 aliphatic carbocycles. The fraction of sp³-hybridized carbons (Fsp3) is 0.267. The van der Waals surface area contributed by atoms with Crippen molar-refractivity contribution >= 4 is 15.9 Å². The summed E-state index contributed by atoms with van der Waals surface area (Å²) in [5.74, 6) is -0.207. The van der Waals surface area contributed by atoms with Crippen LogP contribution < -0.4 is 5.32 Å². The van der Waals surface area contributed by atoms with Crippen LogP contribution in [0, 0.1) is 12.7 Å². The molecule has 4 heteroatoms. The zero-order valence-electron chi connectivity index (χ0n) is 11.0. The lowest BCUT2D eigenvalue weighted by Crippen LogP contribution is -2.24. The summed E-state index contributed by atoms with van der Waals surface area (Å²) < 4.78 is 14.9. The van der Waals surface area contributed by atoms with Gasteiger partial charge in [-0.25, -0.2) is 4.39 Å². The molecule has 1 unspecified atom stereocenters. The van der Waals surface area contributed by atoms with E-state index in [1.807, 2.05) is 32.0 Å². The Kier molecular flexibility index (Phi) is 4.66.